The topological polar surface area (TPSA) is 49.9 Å². The van der Waals surface area contributed by atoms with Gasteiger partial charge in [-0.1, -0.05) is 15.9 Å². The zero-order valence-corrected chi connectivity index (χ0v) is 9.13. The lowest BCUT2D eigenvalue weighted by Gasteiger charge is -2.04. The van der Waals surface area contributed by atoms with Crippen LogP contribution in [-0.4, -0.2) is 6.21 Å². The highest BCUT2D eigenvalue weighted by Crippen LogP contribution is 2.32. The number of anilines is 1. The first-order valence-electron chi connectivity index (χ1n) is 3.07. The lowest BCUT2D eigenvalue weighted by molar-refractivity contribution is 1.42. The molecule has 0 bridgehead atoms. The molecule has 0 radical (unpaired) electrons. The van der Waals surface area contributed by atoms with Crippen LogP contribution in [0, 0.1) is 5.41 Å². The standard InChI is InChI=1S/C7H6BrClN2S/c8-5-1-4(3-10)7(11)6(2-5)12-9/h1-3,10H,11H2. The fourth-order valence-electron chi connectivity index (χ4n) is 0.796. The summed E-state index contributed by atoms with van der Waals surface area (Å²) in [5, 5.41) is 7.07. The van der Waals surface area contributed by atoms with E-state index in [1.54, 1.807) is 6.07 Å². The Labute approximate surface area is 87.6 Å². The maximum atomic E-state index is 7.07. The maximum Gasteiger partial charge on any atom is 0.0554 e. The fraction of sp³-hybridized carbons (Fsp3) is 0. The van der Waals surface area contributed by atoms with Crippen LogP contribution in [0.2, 0.25) is 0 Å². The minimum atomic E-state index is 0.549. The van der Waals surface area contributed by atoms with Crippen molar-refractivity contribution in [2.75, 3.05) is 5.73 Å². The highest BCUT2D eigenvalue weighted by molar-refractivity contribution is 9.10. The van der Waals surface area contributed by atoms with Gasteiger partial charge in [-0.3, -0.25) is 0 Å². The molecule has 1 aromatic carbocycles. The molecule has 0 aliphatic heterocycles. The summed E-state index contributed by atoms with van der Waals surface area (Å²) < 4.78 is 0.873. The Bertz CT molecular complexity index is 317. The number of benzene rings is 1. The molecule has 5 heteroatoms. The lowest BCUT2D eigenvalue weighted by atomic mass is 10.2. The van der Waals surface area contributed by atoms with Gasteiger partial charge >= 0.3 is 0 Å². The first-order valence-corrected chi connectivity index (χ1v) is 5.50. The van der Waals surface area contributed by atoms with Crippen LogP contribution in [0.4, 0.5) is 5.69 Å². The average molecular weight is 266 g/mol. The van der Waals surface area contributed by atoms with Gasteiger partial charge in [0.25, 0.3) is 0 Å². The fourth-order valence-corrected chi connectivity index (χ4v) is 2.18. The predicted molar refractivity (Wildman–Crippen MR) is 58.2 cm³/mol. The van der Waals surface area contributed by atoms with Crippen molar-refractivity contribution >= 4 is 49.5 Å². The highest BCUT2D eigenvalue weighted by Gasteiger charge is 2.04. The Morgan fingerprint density at radius 3 is 2.75 bits per heavy atom. The quantitative estimate of drug-likeness (QED) is 0.637. The van der Waals surface area contributed by atoms with E-state index in [1.165, 1.54) is 6.21 Å². The van der Waals surface area contributed by atoms with Crippen molar-refractivity contribution in [3.63, 3.8) is 0 Å². The van der Waals surface area contributed by atoms with E-state index in [2.05, 4.69) is 15.9 Å². The third kappa shape index (κ3) is 1.94. The van der Waals surface area contributed by atoms with E-state index >= 15 is 0 Å². The molecular weight excluding hydrogens is 260 g/mol. The molecule has 0 fully saturated rings. The van der Waals surface area contributed by atoms with Crippen LogP contribution in [0.15, 0.2) is 21.5 Å². The van der Waals surface area contributed by atoms with E-state index < -0.39 is 0 Å². The van der Waals surface area contributed by atoms with Crippen LogP contribution in [-0.2, 0) is 0 Å². The van der Waals surface area contributed by atoms with Gasteiger partial charge in [0.05, 0.1) is 5.69 Å². The number of hydrogen-bond donors (Lipinski definition) is 2. The smallest absolute Gasteiger partial charge is 0.0554 e. The Kier molecular flexibility index (Phi) is 3.43. The summed E-state index contributed by atoms with van der Waals surface area (Å²) in [6.45, 7) is 0. The number of hydrogen-bond acceptors (Lipinski definition) is 3. The maximum absolute atomic E-state index is 7.07. The summed E-state index contributed by atoms with van der Waals surface area (Å²) in [4.78, 5) is 0.768. The molecule has 0 atom stereocenters. The van der Waals surface area contributed by atoms with Crippen LogP contribution >= 0.6 is 37.6 Å². The normalized spacial score (nSPS) is 9.83. The molecule has 1 rings (SSSR count). The van der Waals surface area contributed by atoms with Gasteiger partial charge in [-0.15, -0.1) is 0 Å². The van der Waals surface area contributed by atoms with E-state index in [4.69, 9.17) is 21.8 Å². The SMILES string of the molecule is N=Cc1cc(Br)cc(SCl)c1N. The second kappa shape index (κ2) is 4.16. The van der Waals surface area contributed by atoms with Crippen molar-refractivity contribution in [1.29, 1.82) is 5.41 Å². The molecule has 0 aliphatic rings. The van der Waals surface area contributed by atoms with Gasteiger partial charge in [0.15, 0.2) is 0 Å². The molecular formula is C7H6BrClN2S. The average Bonchev–Trinajstić information content (AvgIpc) is 2.08. The molecule has 2 nitrogen and oxygen atoms in total. The second-order valence-electron chi connectivity index (χ2n) is 2.13. The van der Waals surface area contributed by atoms with Gasteiger partial charge in [0.1, 0.15) is 0 Å². The largest absolute Gasteiger partial charge is 0.397 e. The van der Waals surface area contributed by atoms with Crippen molar-refractivity contribution in [2.24, 2.45) is 0 Å². The molecule has 12 heavy (non-hydrogen) atoms. The van der Waals surface area contributed by atoms with Crippen LogP contribution in [0.25, 0.3) is 0 Å². The minimum absolute atomic E-state index is 0.549. The predicted octanol–water partition coefficient (Wildman–Crippen LogP) is 3.27. The molecule has 0 saturated carbocycles. The third-order valence-electron chi connectivity index (χ3n) is 1.38. The van der Waals surface area contributed by atoms with E-state index in [0.717, 1.165) is 20.3 Å². The summed E-state index contributed by atoms with van der Waals surface area (Å²) in [5.41, 5.74) is 6.92. The molecule has 0 amide bonds. The zero-order valence-electron chi connectivity index (χ0n) is 5.97. The van der Waals surface area contributed by atoms with Gasteiger partial charge in [-0.05, 0) is 33.8 Å². The monoisotopic (exact) mass is 264 g/mol. The summed E-state index contributed by atoms with van der Waals surface area (Å²) in [7, 11) is 6.63. The Morgan fingerprint density at radius 2 is 2.25 bits per heavy atom. The molecule has 0 saturated heterocycles. The van der Waals surface area contributed by atoms with Crippen molar-refractivity contribution in [2.45, 2.75) is 4.90 Å². The van der Waals surface area contributed by atoms with Gasteiger partial charge in [-0.2, -0.15) is 0 Å². The number of rotatable bonds is 2. The number of nitrogen functional groups attached to an aromatic ring is 1. The summed E-state index contributed by atoms with van der Waals surface area (Å²) in [6, 6.07) is 3.60. The molecule has 64 valence electrons. The van der Waals surface area contributed by atoms with E-state index in [1.807, 2.05) is 6.07 Å². The first-order chi connectivity index (χ1) is 5.69. The van der Waals surface area contributed by atoms with Crippen molar-refractivity contribution in [3.8, 4) is 0 Å². The molecule has 0 aromatic heterocycles. The number of halogens is 2. The summed E-state index contributed by atoms with van der Waals surface area (Å²) in [5.74, 6) is 0. The van der Waals surface area contributed by atoms with Crippen LogP contribution in [0.1, 0.15) is 5.56 Å². The van der Waals surface area contributed by atoms with Gasteiger partial charge in [-0.25, -0.2) is 0 Å². The molecule has 1 aromatic rings. The van der Waals surface area contributed by atoms with Crippen molar-refractivity contribution in [1.82, 2.24) is 0 Å². The van der Waals surface area contributed by atoms with E-state index in [9.17, 15) is 0 Å². The third-order valence-corrected chi connectivity index (χ3v) is 2.84. The molecule has 3 N–H and O–H groups in total. The summed E-state index contributed by atoms with van der Waals surface area (Å²) >= 11 is 3.30. The Balaban J connectivity index is 3.31. The van der Waals surface area contributed by atoms with Crippen LogP contribution in [0.3, 0.4) is 0 Å². The molecule has 0 spiro atoms. The lowest BCUT2D eigenvalue weighted by Crippen LogP contribution is -1.94. The zero-order chi connectivity index (χ0) is 9.14. The minimum Gasteiger partial charge on any atom is -0.397 e. The molecule has 0 heterocycles. The van der Waals surface area contributed by atoms with Crippen molar-refractivity contribution < 1.29 is 0 Å². The first kappa shape index (κ1) is 9.89. The van der Waals surface area contributed by atoms with E-state index in [-0.39, 0.29) is 0 Å². The van der Waals surface area contributed by atoms with Crippen molar-refractivity contribution in [3.05, 3.63) is 22.2 Å². The molecule has 0 aliphatic carbocycles. The summed E-state index contributed by atoms with van der Waals surface area (Å²) in [6.07, 6.45) is 1.21. The highest BCUT2D eigenvalue weighted by atomic mass is 79.9. The van der Waals surface area contributed by atoms with Gasteiger partial charge < -0.3 is 11.1 Å². The molecule has 0 unspecified atom stereocenters. The number of nitrogens with one attached hydrogen (secondary N) is 1. The van der Waals surface area contributed by atoms with Crippen LogP contribution < -0.4 is 5.73 Å². The van der Waals surface area contributed by atoms with E-state index in [0.29, 0.717) is 11.3 Å². The second-order valence-corrected chi connectivity index (χ2v) is 4.10. The van der Waals surface area contributed by atoms with Crippen LogP contribution in [0.5, 0.6) is 0 Å². The van der Waals surface area contributed by atoms with Gasteiger partial charge in [0.2, 0.25) is 0 Å². The Hall–Kier alpha value is -0.190. The Morgan fingerprint density at radius 1 is 1.58 bits per heavy atom. The van der Waals surface area contributed by atoms with Gasteiger partial charge in [0, 0.05) is 21.1 Å². The number of nitrogens with two attached hydrogens (primary N) is 1.